The summed E-state index contributed by atoms with van der Waals surface area (Å²) in [7, 11) is -18.4. The zero-order valence-electron chi connectivity index (χ0n) is 71.3. The van der Waals surface area contributed by atoms with Gasteiger partial charge >= 0.3 is 54.0 Å². The fourth-order valence-corrected chi connectivity index (χ4v) is 17.6. The topological polar surface area (TPSA) is 666 Å². The van der Waals surface area contributed by atoms with E-state index >= 15 is 17.6 Å². The van der Waals surface area contributed by atoms with Gasteiger partial charge in [0.15, 0.2) is 50.0 Å². The van der Waals surface area contributed by atoms with Crippen LogP contribution >= 0.6 is 31.3 Å². The molecular formula is C72H72F4N8O40P4. The number of phosphoric acid groups is 4. The van der Waals surface area contributed by atoms with Crippen LogP contribution in [0.5, 0.6) is 23.0 Å². The number of halogens is 4. The van der Waals surface area contributed by atoms with Crippen LogP contribution in [0.1, 0.15) is 119 Å². The second kappa shape index (κ2) is 36.7. The second-order valence-corrected chi connectivity index (χ2v) is 34.5. The van der Waals surface area contributed by atoms with Crippen molar-refractivity contribution in [1.82, 2.24) is 38.2 Å². The fourth-order valence-electron chi connectivity index (χ4n) is 12.7. The van der Waals surface area contributed by atoms with Crippen LogP contribution < -0.4 is 63.1 Å². The summed E-state index contributed by atoms with van der Waals surface area (Å²) in [5, 5.41) is 82.2. The van der Waals surface area contributed by atoms with Gasteiger partial charge in [-0.3, -0.25) is 113 Å². The highest BCUT2D eigenvalue weighted by molar-refractivity contribution is 7.49. The molecule has 12 heterocycles. The van der Waals surface area contributed by atoms with Gasteiger partial charge in [0.05, 0.1) is 56.9 Å². The molecule has 0 amide bonds. The first-order chi connectivity index (χ1) is 62.5. The molecule has 48 nitrogen and oxygen atoms in total. The zero-order chi connectivity index (χ0) is 98.5. The Bertz CT molecular complexity index is 6780. The van der Waals surface area contributed by atoms with Crippen molar-refractivity contribution in [2.45, 2.75) is 151 Å². The van der Waals surface area contributed by atoms with Crippen molar-refractivity contribution in [2.75, 3.05) is 26.3 Å². The van der Waals surface area contributed by atoms with E-state index in [1.165, 1.54) is 0 Å². The second-order valence-electron chi connectivity index (χ2n) is 28.2. The van der Waals surface area contributed by atoms with E-state index in [9.17, 15) is 117 Å². The summed E-state index contributed by atoms with van der Waals surface area (Å²) in [4.78, 5) is 146. The van der Waals surface area contributed by atoms with Crippen molar-refractivity contribution in [3.63, 3.8) is 0 Å². The largest absolute Gasteiger partial charge is 0.530 e. The SMILES string of the molecule is Cc1cccc2c1OP(=O)(OC[C@@]1(F)O[C@@H](n3cc(C=O)c(=O)[nH]c3=O)[C@H](O)[C@@H]1O)OC2.[2H]C([2H])(OP1(=O)OCc2cccc(C)c2O1)[C@@]1(F)O[C@@H](n2cc(C=O)c(=O)[nH]c2=O)[C@H](O)[C@@H]1O.[2H]C([2H])(OP1(=O)OCc2cccc(C)c2O1)[C@@]1(F)O[C@@]([2H])(n2cc(C=O)c(=O)[nH]c2=O)[C@H](O)[C@@H]1O.[2H][C@@]1(n2cc(C=O)c(=O)[nH]c2=O)O[C@](F)(COP2(=O)OCc3cccc(C)c3O2)[C@@H](O)[C@H]1O. The molecule has 688 valence electrons. The van der Waals surface area contributed by atoms with E-state index < -0.39 is 222 Å². The van der Waals surface area contributed by atoms with E-state index in [0.717, 1.165) is 6.20 Å². The quantitative estimate of drug-likeness (QED) is 0.0290. The number of nitrogens with zero attached hydrogens (tertiary/aromatic N) is 4. The Balaban J connectivity index is 0.000000152. The normalized spacial score (nSPS) is 33.8. The smallest absolute Gasteiger partial charge is 0.403 e. The fraction of sp³-hybridized carbons (Fsp3) is 0.389. The predicted molar refractivity (Wildman–Crippen MR) is 411 cm³/mol. The Labute approximate surface area is 717 Å². The monoisotopic (exact) mass is 1890 g/mol. The summed E-state index contributed by atoms with van der Waals surface area (Å²) in [6.07, 6.45) is -27.3. The molecule has 0 radical (unpaired) electrons. The van der Waals surface area contributed by atoms with E-state index in [4.69, 9.17) is 81.5 Å². The molecule has 0 saturated carbocycles. The Kier molecular flexibility index (Phi) is 24.9. The molecule has 4 aromatic carbocycles. The van der Waals surface area contributed by atoms with Crippen LogP contribution in [0.3, 0.4) is 0 Å². The number of rotatable bonds is 20. The number of phosphoric ester groups is 4. The molecule has 4 aromatic heterocycles. The Morgan fingerprint density at radius 1 is 0.391 bits per heavy atom. The van der Waals surface area contributed by atoms with Crippen molar-refractivity contribution < 1.29 is 177 Å². The lowest BCUT2D eigenvalue weighted by Crippen LogP contribution is -2.43. The molecule has 8 aliphatic rings. The summed E-state index contributed by atoms with van der Waals surface area (Å²) in [5.41, 5.74) is -7.58. The average Bonchev–Trinajstić information content (AvgIpc) is 1.48. The average molecular weight is 1900 g/mol. The van der Waals surface area contributed by atoms with Gasteiger partial charge in [0.1, 0.15) is 98.2 Å². The first-order valence-electron chi connectivity index (χ1n) is 39.5. The standard InChI is InChI=1S/4C18H18FN2O10P/c4*1-9-3-2-4-10-7-28-32(27,31-13(9)10)29-8-18(19)14(24)12(23)16(30-18)21-5-11(6-22)15(25)20-17(21)26/h4*2-6,12,14,16,23-24H,7-8H2,1H3,(H,20,25,26)/t4*12-,14+,16-,18-,32?/m1111/s1/i8D2,16D;16D;8D2;. The highest BCUT2D eigenvalue weighted by Crippen LogP contribution is 2.61. The highest BCUT2D eigenvalue weighted by atomic mass is 31.2. The predicted octanol–water partition coefficient (Wildman–Crippen LogP) is 1.23. The minimum atomic E-state index is -4.89. The highest BCUT2D eigenvalue weighted by Gasteiger charge is 2.62. The van der Waals surface area contributed by atoms with Gasteiger partial charge in [0, 0.05) is 47.0 Å². The number of fused-ring (bicyclic) bond motifs is 4. The number of aryl methyl sites for hydroxylation is 4. The molecular weight excluding hydrogens is 1820 g/mol. The summed E-state index contributed by atoms with van der Waals surface area (Å²) < 4.78 is 244. The number of hydrogen-bond acceptors (Lipinski definition) is 40. The number of nitrogens with one attached hydrogen (secondary N) is 4. The third-order valence-corrected chi connectivity index (χ3v) is 24.4. The summed E-state index contributed by atoms with van der Waals surface area (Å²) >= 11 is 0. The van der Waals surface area contributed by atoms with E-state index in [0.29, 0.717) is 72.2 Å². The maximum absolute atomic E-state index is 15.9. The Hall–Kier alpha value is -10.7. The molecule has 20 atom stereocenters. The number of aromatic nitrogens is 8. The number of aromatic amines is 4. The molecule has 0 spiro atoms. The van der Waals surface area contributed by atoms with Gasteiger partial charge in [-0.1, -0.05) is 72.8 Å². The van der Waals surface area contributed by atoms with E-state index in [1.807, 2.05) is 4.98 Å². The first kappa shape index (κ1) is 86.7. The minimum Gasteiger partial charge on any atom is -0.403 e. The number of H-pyrrole nitrogens is 4. The molecule has 0 bridgehead atoms. The van der Waals surface area contributed by atoms with Gasteiger partial charge in [0.25, 0.3) is 45.7 Å². The molecule has 16 rings (SSSR count). The van der Waals surface area contributed by atoms with Gasteiger partial charge in [-0.05, 0) is 49.9 Å². The molecule has 56 heteroatoms. The molecule has 128 heavy (non-hydrogen) atoms. The number of carbonyl (C=O) groups excluding carboxylic acids is 4. The number of benzene rings is 4. The van der Waals surface area contributed by atoms with Gasteiger partial charge in [-0.2, -0.15) is 0 Å². The number of aliphatic hydroxyl groups is 8. The maximum atomic E-state index is 15.9. The Morgan fingerprint density at radius 2 is 0.633 bits per heavy atom. The number of ether oxygens (including phenoxy) is 4. The third kappa shape index (κ3) is 19.0. The number of hydrogen-bond donors (Lipinski definition) is 12. The first-order valence-corrected chi connectivity index (χ1v) is 42.3. The lowest BCUT2D eigenvalue weighted by molar-refractivity contribution is -0.205. The minimum absolute atomic E-state index is 0.00970. The molecule has 4 saturated heterocycles. The van der Waals surface area contributed by atoms with Gasteiger partial charge in [-0.25, -0.2) is 55.0 Å². The van der Waals surface area contributed by atoms with Crippen LogP contribution in [0.4, 0.5) is 17.6 Å². The van der Waals surface area contributed by atoms with Crippen LogP contribution in [-0.2, 0) is 99.8 Å². The molecule has 8 aromatic rings. The van der Waals surface area contributed by atoms with E-state index in [1.54, 1.807) is 115 Å². The lowest BCUT2D eigenvalue weighted by Gasteiger charge is -2.29. The maximum Gasteiger partial charge on any atom is 0.530 e. The Morgan fingerprint density at radius 3 is 0.945 bits per heavy atom. The van der Waals surface area contributed by atoms with E-state index in [-0.39, 0.29) is 83.7 Å². The van der Waals surface area contributed by atoms with Crippen LogP contribution in [0.25, 0.3) is 0 Å². The lowest BCUT2D eigenvalue weighted by atomic mass is 10.1. The molecule has 0 aliphatic carbocycles. The molecule has 4 fully saturated rings. The van der Waals surface area contributed by atoms with Crippen molar-refractivity contribution in [3.8, 4) is 23.0 Å². The number of para-hydroxylation sites is 4. The number of alkyl halides is 4. The van der Waals surface area contributed by atoms with Crippen molar-refractivity contribution in [3.05, 3.63) is 248 Å². The van der Waals surface area contributed by atoms with Gasteiger partial charge < -0.3 is 77.9 Å². The van der Waals surface area contributed by atoms with Crippen LogP contribution in [0.15, 0.2) is 136 Å². The molecule has 12 N–H and O–H groups in total. The van der Waals surface area contributed by atoms with Crippen molar-refractivity contribution in [1.29, 1.82) is 0 Å². The van der Waals surface area contributed by atoms with Crippen LogP contribution in [0, 0.1) is 27.7 Å². The van der Waals surface area contributed by atoms with Crippen molar-refractivity contribution >= 4 is 56.4 Å². The molecule has 8 aliphatic heterocycles. The van der Waals surface area contributed by atoms with Crippen LogP contribution in [-0.4, -0.2) is 203 Å². The van der Waals surface area contributed by atoms with Gasteiger partial charge in [-0.15, -0.1) is 0 Å². The summed E-state index contributed by atoms with van der Waals surface area (Å²) in [6.45, 7) is -4.62. The summed E-state index contributed by atoms with van der Waals surface area (Å²) in [5.74, 6) is -14.0. The molecule has 4 unspecified atom stereocenters. The summed E-state index contributed by atoms with van der Waals surface area (Å²) in [6, 6.07) is 19.9. The number of aliphatic hydroxyl groups excluding tert-OH is 8. The van der Waals surface area contributed by atoms with E-state index in [2.05, 4.69) is 0 Å². The van der Waals surface area contributed by atoms with Crippen LogP contribution in [0.2, 0.25) is 0 Å². The zero-order valence-corrected chi connectivity index (χ0v) is 68.9. The van der Waals surface area contributed by atoms with Crippen molar-refractivity contribution in [2.24, 2.45) is 0 Å². The third-order valence-electron chi connectivity index (χ3n) is 19.5. The number of aldehydes is 4. The number of carbonyl (C=O) groups is 4. The van der Waals surface area contributed by atoms with Gasteiger partial charge in [0.2, 0.25) is 0 Å².